The standard InChI is InChI=1S/C13H14IN3/c14-11-6-4-10(5-7-11)9-13(17-15)12-3-1-2-8-16-12/h1-8,13,17H,9,15H2. The maximum atomic E-state index is 5.59. The van der Waals surface area contributed by atoms with E-state index in [4.69, 9.17) is 5.84 Å². The molecule has 1 atom stereocenters. The fourth-order valence-electron chi connectivity index (χ4n) is 1.69. The number of hydrazine groups is 1. The Morgan fingerprint density at radius 3 is 2.53 bits per heavy atom. The summed E-state index contributed by atoms with van der Waals surface area (Å²) in [6.45, 7) is 0. The molecule has 17 heavy (non-hydrogen) atoms. The van der Waals surface area contributed by atoms with Gasteiger partial charge in [-0.2, -0.15) is 0 Å². The zero-order chi connectivity index (χ0) is 12.1. The number of hydrogen-bond donors (Lipinski definition) is 2. The van der Waals surface area contributed by atoms with Crippen LogP contribution >= 0.6 is 22.6 Å². The highest BCUT2D eigenvalue weighted by molar-refractivity contribution is 14.1. The van der Waals surface area contributed by atoms with Crippen molar-refractivity contribution in [1.82, 2.24) is 10.4 Å². The summed E-state index contributed by atoms with van der Waals surface area (Å²) in [5.74, 6) is 5.59. The van der Waals surface area contributed by atoms with Crippen molar-refractivity contribution in [3.63, 3.8) is 0 Å². The maximum Gasteiger partial charge on any atom is 0.0672 e. The molecular formula is C13H14IN3. The first-order valence-electron chi connectivity index (χ1n) is 5.41. The van der Waals surface area contributed by atoms with E-state index in [9.17, 15) is 0 Å². The summed E-state index contributed by atoms with van der Waals surface area (Å²) in [5.41, 5.74) is 5.03. The lowest BCUT2D eigenvalue weighted by atomic mass is 10.0. The number of nitrogens with two attached hydrogens (primary N) is 1. The van der Waals surface area contributed by atoms with E-state index in [0.29, 0.717) is 0 Å². The molecule has 3 nitrogen and oxygen atoms in total. The van der Waals surface area contributed by atoms with Crippen LogP contribution in [0.15, 0.2) is 48.7 Å². The molecule has 0 spiro atoms. The van der Waals surface area contributed by atoms with Crippen LogP contribution < -0.4 is 11.3 Å². The molecule has 0 fully saturated rings. The van der Waals surface area contributed by atoms with Gasteiger partial charge in [-0.25, -0.2) is 0 Å². The van der Waals surface area contributed by atoms with Gasteiger partial charge in [-0.1, -0.05) is 18.2 Å². The highest BCUT2D eigenvalue weighted by atomic mass is 127. The molecule has 0 saturated carbocycles. The van der Waals surface area contributed by atoms with Crippen LogP contribution in [-0.2, 0) is 6.42 Å². The molecule has 0 amide bonds. The zero-order valence-electron chi connectivity index (χ0n) is 9.31. The minimum atomic E-state index is 0.0521. The Labute approximate surface area is 115 Å². The first-order valence-corrected chi connectivity index (χ1v) is 6.49. The fourth-order valence-corrected chi connectivity index (χ4v) is 2.05. The third-order valence-electron chi connectivity index (χ3n) is 2.60. The van der Waals surface area contributed by atoms with Crippen molar-refractivity contribution in [3.05, 3.63) is 63.5 Å². The van der Waals surface area contributed by atoms with Crippen LogP contribution in [0.5, 0.6) is 0 Å². The van der Waals surface area contributed by atoms with Crippen molar-refractivity contribution < 1.29 is 0 Å². The lowest BCUT2D eigenvalue weighted by molar-refractivity contribution is 0.538. The van der Waals surface area contributed by atoms with Crippen LogP contribution in [0.1, 0.15) is 17.3 Å². The fraction of sp³-hybridized carbons (Fsp3) is 0.154. The molecule has 0 bridgehead atoms. The molecule has 3 N–H and O–H groups in total. The number of nitrogens with one attached hydrogen (secondary N) is 1. The Balaban J connectivity index is 2.13. The Kier molecular flexibility index (Phi) is 4.47. The Hall–Kier alpha value is -0.980. The third kappa shape index (κ3) is 3.49. The predicted molar refractivity (Wildman–Crippen MR) is 77.2 cm³/mol. The number of pyridine rings is 1. The molecular weight excluding hydrogens is 325 g/mol. The summed E-state index contributed by atoms with van der Waals surface area (Å²) >= 11 is 2.30. The maximum absolute atomic E-state index is 5.59. The quantitative estimate of drug-likeness (QED) is 0.511. The summed E-state index contributed by atoms with van der Waals surface area (Å²) in [6, 6.07) is 14.4. The van der Waals surface area contributed by atoms with Gasteiger partial charge in [0.2, 0.25) is 0 Å². The lowest BCUT2D eigenvalue weighted by Crippen LogP contribution is -2.30. The third-order valence-corrected chi connectivity index (χ3v) is 3.32. The van der Waals surface area contributed by atoms with Crippen molar-refractivity contribution in [2.75, 3.05) is 0 Å². The van der Waals surface area contributed by atoms with Crippen LogP contribution in [0, 0.1) is 3.57 Å². The molecule has 0 aliphatic rings. The molecule has 0 radical (unpaired) electrons. The zero-order valence-corrected chi connectivity index (χ0v) is 11.5. The monoisotopic (exact) mass is 339 g/mol. The number of nitrogens with zero attached hydrogens (tertiary/aromatic N) is 1. The van der Waals surface area contributed by atoms with E-state index in [1.807, 2.05) is 18.2 Å². The minimum Gasteiger partial charge on any atom is -0.271 e. The minimum absolute atomic E-state index is 0.0521. The molecule has 0 aliphatic carbocycles. The van der Waals surface area contributed by atoms with Gasteiger partial charge in [0, 0.05) is 9.77 Å². The first-order chi connectivity index (χ1) is 8.29. The van der Waals surface area contributed by atoms with E-state index in [-0.39, 0.29) is 6.04 Å². The van der Waals surface area contributed by atoms with E-state index >= 15 is 0 Å². The number of hydrogen-bond acceptors (Lipinski definition) is 3. The van der Waals surface area contributed by atoms with Crippen LogP contribution in [0.3, 0.4) is 0 Å². The lowest BCUT2D eigenvalue weighted by Gasteiger charge is -2.15. The Morgan fingerprint density at radius 1 is 1.18 bits per heavy atom. The second kappa shape index (κ2) is 6.09. The number of benzene rings is 1. The average molecular weight is 339 g/mol. The topological polar surface area (TPSA) is 50.9 Å². The SMILES string of the molecule is NNC(Cc1ccc(I)cc1)c1ccccn1. The van der Waals surface area contributed by atoms with Crippen LogP contribution in [-0.4, -0.2) is 4.98 Å². The van der Waals surface area contributed by atoms with Gasteiger partial charge in [-0.15, -0.1) is 0 Å². The molecule has 2 rings (SSSR count). The second-order valence-corrected chi connectivity index (χ2v) is 5.05. The summed E-state index contributed by atoms with van der Waals surface area (Å²) < 4.78 is 1.24. The van der Waals surface area contributed by atoms with Gasteiger partial charge >= 0.3 is 0 Å². The molecule has 2 aromatic rings. The van der Waals surface area contributed by atoms with Gasteiger partial charge in [0.25, 0.3) is 0 Å². The van der Waals surface area contributed by atoms with E-state index < -0.39 is 0 Å². The number of halogens is 1. The van der Waals surface area contributed by atoms with Crippen LogP contribution in [0.2, 0.25) is 0 Å². The highest BCUT2D eigenvalue weighted by Crippen LogP contribution is 2.16. The number of rotatable bonds is 4. The van der Waals surface area contributed by atoms with Crippen molar-refractivity contribution >= 4 is 22.6 Å². The normalized spacial score (nSPS) is 12.4. The van der Waals surface area contributed by atoms with Gasteiger partial charge in [0.1, 0.15) is 0 Å². The molecule has 88 valence electrons. The molecule has 0 aliphatic heterocycles. The van der Waals surface area contributed by atoms with Crippen LogP contribution in [0.25, 0.3) is 0 Å². The summed E-state index contributed by atoms with van der Waals surface area (Å²) in [5, 5.41) is 0. The van der Waals surface area contributed by atoms with Crippen molar-refractivity contribution in [3.8, 4) is 0 Å². The molecule has 1 heterocycles. The van der Waals surface area contributed by atoms with Crippen molar-refractivity contribution in [2.45, 2.75) is 12.5 Å². The van der Waals surface area contributed by atoms with Gasteiger partial charge in [0.05, 0.1) is 11.7 Å². The average Bonchev–Trinajstić information content (AvgIpc) is 2.39. The van der Waals surface area contributed by atoms with E-state index in [0.717, 1.165) is 12.1 Å². The second-order valence-electron chi connectivity index (χ2n) is 3.80. The van der Waals surface area contributed by atoms with Gasteiger partial charge in [-0.05, 0) is 58.8 Å². The molecule has 1 unspecified atom stereocenters. The van der Waals surface area contributed by atoms with Gasteiger partial charge in [-0.3, -0.25) is 16.3 Å². The summed E-state index contributed by atoms with van der Waals surface area (Å²) in [7, 11) is 0. The molecule has 1 aromatic carbocycles. The molecule has 0 saturated heterocycles. The highest BCUT2D eigenvalue weighted by Gasteiger charge is 2.11. The van der Waals surface area contributed by atoms with E-state index in [1.54, 1.807) is 6.20 Å². The number of aromatic nitrogens is 1. The smallest absolute Gasteiger partial charge is 0.0672 e. The first kappa shape index (κ1) is 12.5. The molecule has 1 aromatic heterocycles. The van der Waals surface area contributed by atoms with Gasteiger partial charge in [0.15, 0.2) is 0 Å². The largest absolute Gasteiger partial charge is 0.271 e. The summed E-state index contributed by atoms with van der Waals surface area (Å²) in [4.78, 5) is 4.32. The Bertz CT molecular complexity index is 456. The van der Waals surface area contributed by atoms with Gasteiger partial charge < -0.3 is 0 Å². The predicted octanol–water partition coefficient (Wildman–Crippen LogP) is 2.43. The van der Waals surface area contributed by atoms with E-state index in [2.05, 4.69) is 57.3 Å². The van der Waals surface area contributed by atoms with Crippen molar-refractivity contribution in [1.29, 1.82) is 0 Å². The summed E-state index contributed by atoms with van der Waals surface area (Å²) in [6.07, 6.45) is 2.62. The van der Waals surface area contributed by atoms with E-state index in [1.165, 1.54) is 9.13 Å². The Morgan fingerprint density at radius 2 is 1.94 bits per heavy atom. The van der Waals surface area contributed by atoms with Crippen molar-refractivity contribution in [2.24, 2.45) is 5.84 Å². The van der Waals surface area contributed by atoms with Crippen LogP contribution in [0.4, 0.5) is 0 Å². The molecule has 4 heteroatoms.